The Balaban J connectivity index is 1.47. The van der Waals surface area contributed by atoms with Crippen LogP contribution in [-0.2, 0) is 0 Å². The molecule has 0 aliphatic heterocycles. The van der Waals surface area contributed by atoms with Crippen molar-refractivity contribution in [3.8, 4) is 0 Å². The Kier molecular flexibility index (Phi) is 5.51. The van der Waals surface area contributed by atoms with E-state index >= 15 is 0 Å². The molecule has 0 heterocycles. The summed E-state index contributed by atoms with van der Waals surface area (Å²) in [7, 11) is 0. The maximum absolute atomic E-state index is 12.4. The predicted octanol–water partition coefficient (Wildman–Crippen LogP) is 3.33. The molecular weight excluding hydrogens is 253 g/mol. The Labute approximate surface area is 113 Å². The van der Waals surface area contributed by atoms with Gasteiger partial charge in [-0.15, -0.1) is 0 Å². The summed E-state index contributed by atoms with van der Waals surface area (Å²) >= 11 is 0. The topological polar surface area (TPSA) is 15.3 Å². The van der Waals surface area contributed by atoms with Crippen molar-refractivity contribution in [3.63, 3.8) is 0 Å². The van der Waals surface area contributed by atoms with Crippen molar-refractivity contribution >= 4 is 0 Å². The molecule has 0 spiro atoms. The summed E-state index contributed by atoms with van der Waals surface area (Å²) in [5.41, 5.74) is 0. The predicted molar refractivity (Wildman–Crippen MR) is 70.1 cm³/mol. The van der Waals surface area contributed by atoms with Gasteiger partial charge in [-0.3, -0.25) is 4.90 Å². The van der Waals surface area contributed by atoms with Crippen LogP contribution in [0.1, 0.15) is 51.4 Å². The standard InChI is InChI=1S/C14H25F3N2/c15-14(16,17)11-19(13-7-8-13)10-4-2-1-3-9-18-12-5-6-12/h12-13,18H,1-11H2. The quantitative estimate of drug-likeness (QED) is 0.617. The highest BCUT2D eigenvalue weighted by Gasteiger charge is 2.37. The summed E-state index contributed by atoms with van der Waals surface area (Å²) in [5.74, 6) is 0. The SMILES string of the molecule is FC(F)(F)CN(CCCCCCNC1CC1)C1CC1. The molecule has 0 aromatic rings. The molecule has 5 heteroatoms. The van der Waals surface area contributed by atoms with Gasteiger partial charge in [0.25, 0.3) is 0 Å². The molecule has 1 N–H and O–H groups in total. The van der Waals surface area contributed by atoms with Gasteiger partial charge in [0.2, 0.25) is 0 Å². The zero-order valence-corrected chi connectivity index (χ0v) is 11.5. The fraction of sp³-hybridized carbons (Fsp3) is 1.00. The van der Waals surface area contributed by atoms with Crippen LogP contribution in [0.2, 0.25) is 0 Å². The zero-order chi connectivity index (χ0) is 13.7. The molecular formula is C14H25F3N2. The van der Waals surface area contributed by atoms with E-state index in [2.05, 4.69) is 5.32 Å². The monoisotopic (exact) mass is 278 g/mol. The second-order valence-electron chi connectivity index (χ2n) is 5.96. The molecule has 0 bridgehead atoms. The van der Waals surface area contributed by atoms with Crippen LogP contribution < -0.4 is 5.32 Å². The molecule has 0 aromatic carbocycles. The van der Waals surface area contributed by atoms with Crippen molar-refractivity contribution in [1.82, 2.24) is 10.2 Å². The van der Waals surface area contributed by atoms with Crippen LogP contribution in [0.25, 0.3) is 0 Å². The van der Waals surface area contributed by atoms with E-state index in [1.165, 1.54) is 12.8 Å². The maximum atomic E-state index is 12.4. The van der Waals surface area contributed by atoms with E-state index in [1.807, 2.05) is 0 Å². The summed E-state index contributed by atoms with van der Waals surface area (Å²) in [6, 6.07) is 0.968. The van der Waals surface area contributed by atoms with Crippen LogP contribution in [0.15, 0.2) is 0 Å². The van der Waals surface area contributed by atoms with Gasteiger partial charge in [-0.2, -0.15) is 13.2 Å². The minimum absolute atomic E-state index is 0.207. The van der Waals surface area contributed by atoms with Crippen LogP contribution in [0.3, 0.4) is 0 Å². The van der Waals surface area contributed by atoms with Crippen molar-refractivity contribution < 1.29 is 13.2 Å². The molecule has 0 unspecified atom stereocenters. The van der Waals surface area contributed by atoms with E-state index in [1.54, 1.807) is 4.90 Å². The van der Waals surface area contributed by atoms with E-state index < -0.39 is 12.7 Å². The number of nitrogens with one attached hydrogen (secondary N) is 1. The van der Waals surface area contributed by atoms with Crippen molar-refractivity contribution in [3.05, 3.63) is 0 Å². The van der Waals surface area contributed by atoms with Crippen molar-refractivity contribution in [2.24, 2.45) is 0 Å². The lowest BCUT2D eigenvalue weighted by atomic mass is 10.2. The van der Waals surface area contributed by atoms with Crippen LogP contribution in [-0.4, -0.2) is 42.8 Å². The van der Waals surface area contributed by atoms with Gasteiger partial charge in [0.15, 0.2) is 0 Å². The van der Waals surface area contributed by atoms with E-state index in [0.717, 1.165) is 51.1 Å². The molecule has 0 aromatic heterocycles. The van der Waals surface area contributed by atoms with Crippen LogP contribution in [0, 0.1) is 0 Å². The van der Waals surface area contributed by atoms with Gasteiger partial charge >= 0.3 is 6.18 Å². The molecule has 2 nitrogen and oxygen atoms in total. The normalized spacial score (nSPS) is 20.2. The molecule has 2 aliphatic carbocycles. The molecule has 2 saturated carbocycles. The molecule has 2 fully saturated rings. The number of alkyl halides is 3. The van der Waals surface area contributed by atoms with Crippen molar-refractivity contribution in [1.29, 1.82) is 0 Å². The molecule has 2 aliphatic rings. The molecule has 0 amide bonds. The maximum Gasteiger partial charge on any atom is 0.401 e. The number of unbranched alkanes of at least 4 members (excludes halogenated alkanes) is 3. The number of nitrogens with zero attached hydrogens (tertiary/aromatic N) is 1. The van der Waals surface area contributed by atoms with E-state index in [9.17, 15) is 13.2 Å². The fourth-order valence-electron chi connectivity index (χ4n) is 2.45. The highest BCUT2D eigenvalue weighted by atomic mass is 19.4. The largest absolute Gasteiger partial charge is 0.401 e. The summed E-state index contributed by atoms with van der Waals surface area (Å²) in [5, 5.41) is 3.46. The van der Waals surface area contributed by atoms with Gasteiger partial charge < -0.3 is 5.32 Å². The number of halogens is 3. The van der Waals surface area contributed by atoms with Crippen LogP contribution in [0.4, 0.5) is 13.2 Å². The smallest absolute Gasteiger partial charge is 0.314 e. The van der Waals surface area contributed by atoms with Gasteiger partial charge in [-0.25, -0.2) is 0 Å². The Bertz CT molecular complexity index is 260. The Hall–Kier alpha value is -0.290. The minimum atomic E-state index is -4.04. The van der Waals surface area contributed by atoms with E-state index in [-0.39, 0.29) is 6.04 Å². The first-order valence-electron chi connectivity index (χ1n) is 7.59. The molecule has 0 atom stereocenters. The molecule has 0 saturated heterocycles. The third-order valence-corrected chi connectivity index (χ3v) is 3.83. The Morgan fingerprint density at radius 3 is 2.21 bits per heavy atom. The average molecular weight is 278 g/mol. The average Bonchev–Trinajstić information content (AvgIpc) is 3.16. The van der Waals surface area contributed by atoms with Gasteiger partial charge in [0.1, 0.15) is 0 Å². The Morgan fingerprint density at radius 2 is 1.63 bits per heavy atom. The third-order valence-electron chi connectivity index (χ3n) is 3.83. The minimum Gasteiger partial charge on any atom is -0.314 e. The lowest BCUT2D eigenvalue weighted by Gasteiger charge is -2.23. The highest BCUT2D eigenvalue weighted by molar-refractivity contribution is 4.85. The second kappa shape index (κ2) is 6.93. The van der Waals surface area contributed by atoms with Crippen LogP contribution >= 0.6 is 0 Å². The van der Waals surface area contributed by atoms with Gasteiger partial charge in [-0.05, 0) is 51.6 Å². The first-order chi connectivity index (χ1) is 9.04. The molecule has 0 radical (unpaired) electrons. The van der Waals surface area contributed by atoms with E-state index in [4.69, 9.17) is 0 Å². The number of hydrogen-bond donors (Lipinski definition) is 1. The van der Waals surface area contributed by atoms with Crippen molar-refractivity contribution in [2.45, 2.75) is 69.6 Å². The van der Waals surface area contributed by atoms with E-state index in [0.29, 0.717) is 6.54 Å². The number of rotatable bonds is 10. The zero-order valence-electron chi connectivity index (χ0n) is 11.5. The van der Waals surface area contributed by atoms with Crippen molar-refractivity contribution in [2.75, 3.05) is 19.6 Å². The first-order valence-corrected chi connectivity index (χ1v) is 7.59. The summed E-state index contributed by atoms with van der Waals surface area (Å²) in [6.45, 7) is 0.959. The first kappa shape index (κ1) is 15.1. The lowest BCUT2D eigenvalue weighted by Crippen LogP contribution is -2.36. The summed E-state index contributed by atoms with van der Waals surface area (Å²) in [4.78, 5) is 1.63. The summed E-state index contributed by atoms with van der Waals surface area (Å²) < 4.78 is 37.2. The second-order valence-corrected chi connectivity index (χ2v) is 5.96. The molecule has 2 rings (SSSR count). The van der Waals surface area contributed by atoms with Gasteiger partial charge in [0.05, 0.1) is 6.54 Å². The molecule has 19 heavy (non-hydrogen) atoms. The van der Waals surface area contributed by atoms with Crippen LogP contribution in [0.5, 0.6) is 0 Å². The molecule has 112 valence electrons. The summed E-state index contributed by atoms with van der Waals surface area (Å²) in [6.07, 6.45) is 4.70. The number of hydrogen-bond acceptors (Lipinski definition) is 2. The van der Waals surface area contributed by atoms with Gasteiger partial charge in [0, 0.05) is 12.1 Å². The third kappa shape index (κ3) is 7.16. The lowest BCUT2D eigenvalue weighted by molar-refractivity contribution is -0.147. The van der Waals surface area contributed by atoms with Gasteiger partial charge in [-0.1, -0.05) is 12.8 Å². The Morgan fingerprint density at radius 1 is 0.947 bits per heavy atom. The highest BCUT2D eigenvalue weighted by Crippen LogP contribution is 2.30. The fourth-order valence-corrected chi connectivity index (χ4v) is 2.45.